The summed E-state index contributed by atoms with van der Waals surface area (Å²) in [6, 6.07) is 8.66. The van der Waals surface area contributed by atoms with Gasteiger partial charge in [0.1, 0.15) is 0 Å². The van der Waals surface area contributed by atoms with E-state index in [1.807, 2.05) is 18.2 Å². The average molecular weight is 284 g/mol. The van der Waals surface area contributed by atoms with Crippen molar-refractivity contribution in [1.82, 2.24) is 4.90 Å². The Morgan fingerprint density at radius 3 is 2.95 bits per heavy atom. The van der Waals surface area contributed by atoms with Crippen LogP contribution in [0, 0.1) is 0 Å². The van der Waals surface area contributed by atoms with Crippen molar-refractivity contribution in [2.45, 2.75) is 25.3 Å². The molecule has 0 saturated carbocycles. The van der Waals surface area contributed by atoms with Gasteiger partial charge < -0.3 is 9.84 Å². The number of ether oxygens (including phenoxy) is 1. The number of hydrogen-bond donors (Lipinski definition) is 1. The van der Waals surface area contributed by atoms with Gasteiger partial charge in [0.25, 0.3) is 0 Å². The van der Waals surface area contributed by atoms with E-state index in [-0.39, 0.29) is 6.61 Å². The normalized spacial score (nSPS) is 20.0. The van der Waals surface area contributed by atoms with Crippen molar-refractivity contribution < 1.29 is 9.84 Å². The van der Waals surface area contributed by atoms with Crippen molar-refractivity contribution >= 4 is 11.6 Å². The van der Waals surface area contributed by atoms with Crippen molar-refractivity contribution in [1.29, 1.82) is 0 Å². The summed E-state index contributed by atoms with van der Waals surface area (Å²) in [5.74, 6) is 0. The number of halogens is 1. The van der Waals surface area contributed by atoms with Crippen LogP contribution < -0.4 is 0 Å². The first-order valence-corrected chi connectivity index (χ1v) is 7.35. The molecule has 1 aromatic carbocycles. The molecule has 1 aliphatic rings. The minimum atomic E-state index is 0.100. The van der Waals surface area contributed by atoms with E-state index in [1.54, 1.807) is 0 Å². The first kappa shape index (κ1) is 14.8. The fraction of sp³-hybridized carbons (Fsp3) is 0.600. The Morgan fingerprint density at radius 1 is 1.32 bits per heavy atom. The van der Waals surface area contributed by atoms with Crippen LogP contribution in [0.2, 0.25) is 5.02 Å². The van der Waals surface area contributed by atoms with Crippen molar-refractivity contribution in [3.63, 3.8) is 0 Å². The molecule has 4 heteroatoms. The average Bonchev–Trinajstić information content (AvgIpc) is 2.85. The number of nitrogens with zero attached hydrogens (tertiary/aromatic N) is 1. The van der Waals surface area contributed by atoms with Gasteiger partial charge in [0, 0.05) is 17.6 Å². The van der Waals surface area contributed by atoms with E-state index in [1.165, 1.54) is 18.4 Å². The minimum absolute atomic E-state index is 0.100. The molecule has 106 valence electrons. The van der Waals surface area contributed by atoms with Crippen molar-refractivity contribution in [2.75, 3.05) is 32.9 Å². The molecule has 0 bridgehead atoms. The Bertz CT molecular complexity index is 386. The van der Waals surface area contributed by atoms with Gasteiger partial charge in [-0.2, -0.15) is 0 Å². The molecule has 19 heavy (non-hydrogen) atoms. The van der Waals surface area contributed by atoms with E-state index in [2.05, 4.69) is 11.0 Å². The van der Waals surface area contributed by atoms with Crippen LogP contribution in [-0.2, 0) is 11.2 Å². The molecule has 0 aromatic heterocycles. The van der Waals surface area contributed by atoms with E-state index in [0.29, 0.717) is 19.3 Å². The van der Waals surface area contributed by atoms with Gasteiger partial charge in [-0.05, 0) is 37.4 Å². The molecule has 2 rings (SSSR count). The quantitative estimate of drug-likeness (QED) is 0.780. The van der Waals surface area contributed by atoms with Crippen LogP contribution >= 0.6 is 11.6 Å². The molecular formula is C15H22ClNO2. The number of hydrogen-bond acceptors (Lipinski definition) is 3. The van der Waals surface area contributed by atoms with Crippen LogP contribution in [0.5, 0.6) is 0 Å². The first-order valence-electron chi connectivity index (χ1n) is 6.97. The number of likely N-dealkylation sites (tertiary alicyclic amines) is 1. The van der Waals surface area contributed by atoms with Gasteiger partial charge in [-0.1, -0.05) is 29.8 Å². The van der Waals surface area contributed by atoms with Crippen LogP contribution in [0.3, 0.4) is 0 Å². The topological polar surface area (TPSA) is 32.7 Å². The Morgan fingerprint density at radius 2 is 2.16 bits per heavy atom. The summed E-state index contributed by atoms with van der Waals surface area (Å²) in [5, 5.41) is 9.55. The number of aliphatic hydroxyl groups excluding tert-OH is 1. The highest BCUT2D eigenvalue weighted by Crippen LogP contribution is 2.24. The number of aliphatic hydroxyl groups is 1. The molecule has 0 radical (unpaired) electrons. The van der Waals surface area contributed by atoms with E-state index in [4.69, 9.17) is 21.4 Å². The van der Waals surface area contributed by atoms with Crippen LogP contribution in [0.1, 0.15) is 18.4 Å². The predicted molar refractivity (Wildman–Crippen MR) is 77.7 cm³/mol. The Hall–Kier alpha value is -0.610. The molecule has 1 unspecified atom stereocenters. The Balaban J connectivity index is 1.83. The second-order valence-corrected chi connectivity index (χ2v) is 5.37. The molecule has 3 nitrogen and oxygen atoms in total. The molecule has 1 fully saturated rings. The van der Waals surface area contributed by atoms with Gasteiger partial charge in [0.05, 0.1) is 19.8 Å². The molecule has 0 aliphatic carbocycles. The third-order valence-corrected chi connectivity index (χ3v) is 4.04. The molecule has 1 aromatic rings. The van der Waals surface area contributed by atoms with Gasteiger partial charge in [-0.25, -0.2) is 0 Å². The summed E-state index contributed by atoms with van der Waals surface area (Å²) in [5.41, 5.74) is 1.23. The lowest BCUT2D eigenvalue weighted by molar-refractivity contribution is 0.0710. The zero-order valence-electron chi connectivity index (χ0n) is 11.2. The second kappa shape index (κ2) is 7.85. The van der Waals surface area contributed by atoms with Gasteiger partial charge in [0.2, 0.25) is 0 Å². The van der Waals surface area contributed by atoms with E-state index >= 15 is 0 Å². The summed E-state index contributed by atoms with van der Waals surface area (Å²) >= 11 is 6.22. The summed E-state index contributed by atoms with van der Waals surface area (Å²) in [6.45, 7) is 3.30. The second-order valence-electron chi connectivity index (χ2n) is 4.96. The lowest BCUT2D eigenvalue weighted by Crippen LogP contribution is -2.34. The first-order chi connectivity index (χ1) is 9.31. The zero-order chi connectivity index (χ0) is 13.5. The SMILES string of the molecule is OCCOCCN1CCCC1Cc1ccccc1Cl. The number of benzene rings is 1. The predicted octanol–water partition coefficient (Wildman–Crippen LogP) is 2.36. The van der Waals surface area contributed by atoms with Crippen LogP contribution in [0.25, 0.3) is 0 Å². The lowest BCUT2D eigenvalue weighted by atomic mass is 10.0. The largest absolute Gasteiger partial charge is 0.394 e. The highest BCUT2D eigenvalue weighted by molar-refractivity contribution is 6.31. The monoisotopic (exact) mass is 283 g/mol. The van der Waals surface area contributed by atoms with Crippen molar-refractivity contribution in [3.8, 4) is 0 Å². The van der Waals surface area contributed by atoms with Gasteiger partial charge in [-0.3, -0.25) is 4.90 Å². The van der Waals surface area contributed by atoms with Crippen molar-refractivity contribution in [2.24, 2.45) is 0 Å². The van der Waals surface area contributed by atoms with Crippen molar-refractivity contribution in [3.05, 3.63) is 34.9 Å². The summed E-state index contributed by atoms with van der Waals surface area (Å²) in [4.78, 5) is 2.47. The maximum atomic E-state index is 8.68. The Labute approximate surface area is 120 Å². The summed E-state index contributed by atoms with van der Waals surface area (Å²) < 4.78 is 5.35. The molecule has 1 N–H and O–H groups in total. The smallest absolute Gasteiger partial charge is 0.0698 e. The molecule has 1 heterocycles. The molecule has 1 aliphatic heterocycles. The fourth-order valence-electron chi connectivity index (χ4n) is 2.69. The maximum absolute atomic E-state index is 8.68. The van der Waals surface area contributed by atoms with E-state index in [0.717, 1.165) is 24.5 Å². The molecule has 0 spiro atoms. The zero-order valence-corrected chi connectivity index (χ0v) is 12.0. The summed E-state index contributed by atoms with van der Waals surface area (Å²) in [6.07, 6.45) is 3.49. The fourth-order valence-corrected chi connectivity index (χ4v) is 2.90. The van der Waals surface area contributed by atoms with Gasteiger partial charge in [-0.15, -0.1) is 0 Å². The van der Waals surface area contributed by atoms with Gasteiger partial charge in [0.15, 0.2) is 0 Å². The van der Waals surface area contributed by atoms with Crippen LogP contribution in [-0.4, -0.2) is 49.0 Å². The number of rotatable bonds is 7. The Kier molecular flexibility index (Phi) is 6.11. The van der Waals surface area contributed by atoms with Crippen LogP contribution in [0.4, 0.5) is 0 Å². The third-order valence-electron chi connectivity index (χ3n) is 3.67. The van der Waals surface area contributed by atoms with E-state index in [9.17, 15) is 0 Å². The molecular weight excluding hydrogens is 262 g/mol. The maximum Gasteiger partial charge on any atom is 0.0698 e. The summed E-state index contributed by atoms with van der Waals surface area (Å²) in [7, 11) is 0. The van der Waals surface area contributed by atoms with Gasteiger partial charge >= 0.3 is 0 Å². The van der Waals surface area contributed by atoms with Crippen LogP contribution in [0.15, 0.2) is 24.3 Å². The highest BCUT2D eigenvalue weighted by Gasteiger charge is 2.24. The molecule has 0 amide bonds. The highest BCUT2D eigenvalue weighted by atomic mass is 35.5. The standard InChI is InChI=1S/C15H22ClNO2/c16-15-6-2-1-4-13(15)12-14-5-3-7-17(14)8-10-19-11-9-18/h1-2,4,6,14,18H,3,5,7-12H2. The third kappa shape index (κ3) is 4.46. The lowest BCUT2D eigenvalue weighted by Gasteiger charge is -2.24. The minimum Gasteiger partial charge on any atom is -0.394 e. The molecule has 1 atom stereocenters. The molecule has 1 saturated heterocycles. The van der Waals surface area contributed by atoms with E-state index < -0.39 is 0 Å².